The van der Waals surface area contributed by atoms with Crippen LogP contribution in [-0.4, -0.2) is 53.6 Å². The van der Waals surface area contributed by atoms with Gasteiger partial charge in [-0.2, -0.15) is 0 Å². The zero-order chi connectivity index (χ0) is 18.4. The number of carbonyl (C=O) groups excluding carboxylic acids is 1. The summed E-state index contributed by atoms with van der Waals surface area (Å²) < 4.78 is 11.9. The second-order valence-corrected chi connectivity index (χ2v) is 7.76. The molecular weight excluding hydrogens is 372 g/mol. The number of carbonyl (C=O) groups is 1. The van der Waals surface area contributed by atoms with Crippen molar-refractivity contribution >= 4 is 34.1 Å². The summed E-state index contributed by atoms with van der Waals surface area (Å²) in [5.41, 5.74) is 1.00. The second kappa shape index (κ2) is 8.91. The van der Waals surface area contributed by atoms with E-state index in [0.29, 0.717) is 32.1 Å². The van der Waals surface area contributed by atoms with Crippen LogP contribution in [0.2, 0.25) is 0 Å². The minimum absolute atomic E-state index is 0.0284. The van der Waals surface area contributed by atoms with Gasteiger partial charge in [-0.1, -0.05) is 35.2 Å². The Labute approximate surface area is 160 Å². The topological polar surface area (TPSA) is 76.6 Å². The largest absolute Gasteiger partial charge is 0.486 e. The monoisotopic (exact) mass is 392 g/mol. The van der Waals surface area contributed by atoms with Gasteiger partial charge in [-0.05, 0) is 17.7 Å². The second-order valence-electron chi connectivity index (χ2n) is 5.56. The normalized spacial score (nSPS) is 12.5. The highest BCUT2D eigenvalue weighted by molar-refractivity contribution is 8.01. The number of amides is 1. The Morgan fingerprint density at radius 3 is 3.00 bits per heavy atom. The Kier molecular flexibility index (Phi) is 6.35. The highest BCUT2D eigenvalue weighted by atomic mass is 32.2. The minimum atomic E-state index is 0.0284. The molecule has 0 spiro atoms. The fraction of sp³-hybridized carbons (Fsp3) is 0.353. The van der Waals surface area contributed by atoms with Gasteiger partial charge in [0.2, 0.25) is 11.0 Å². The van der Waals surface area contributed by atoms with Crippen molar-refractivity contribution in [2.24, 2.45) is 0 Å². The van der Waals surface area contributed by atoms with E-state index in [-0.39, 0.29) is 5.91 Å². The zero-order valence-corrected chi connectivity index (χ0v) is 16.1. The number of hydrogen-bond acceptors (Lipinski definition) is 8. The van der Waals surface area contributed by atoms with Gasteiger partial charge in [0, 0.05) is 20.1 Å². The number of nitrogens with zero attached hydrogens (tertiary/aromatic N) is 3. The molecule has 1 aliphatic heterocycles. The van der Waals surface area contributed by atoms with Crippen molar-refractivity contribution in [2.45, 2.75) is 10.9 Å². The molecule has 0 saturated carbocycles. The first kappa shape index (κ1) is 18.5. The third-order valence-electron chi connectivity index (χ3n) is 3.58. The highest BCUT2D eigenvalue weighted by Crippen LogP contribution is 2.31. The summed E-state index contributed by atoms with van der Waals surface area (Å²) in [6.45, 7) is 5.91. The average Bonchev–Trinajstić information content (AvgIpc) is 3.12. The van der Waals surface area contributed by atoms with E-state index in [4.69, 9.17) is 9.47 Å². The molecule has 0 fully saturated rings. The van der Waals surface area contributed by atoms with Crippen LogP contribution in [0.25, 0.3) is 0 Å². The van der Waals surface area contributed by atoms with E-state index in [1.54, 1.807) is 18.0 Å². The predicted octanol–water partition coefficient (Wildman–Crippen LogP) is 2.66. The molecule has 0 saturated heterocycles. The van der Waals surface area contributed by atoms with Crippen LogP contribution < -0.4 is 14.8 Å². The molecule has 0 unspecified atom stereocenters. The first-order chi connectivity index (χ1) is 12.7. The van der Waals surface area contributed by atoms with E-state index in [9.17, 15) is 4.79 Å². The fourth-order valence-corrected chi connectivity index (χ4v) is 3.98. The molecular formula is C17H20N4O3S2. The Balaban J connectivity index is 1.50. The van der Waals surface area contributed by atoms with Gasteiger partial charge in [0.25, 0.3) is 0 Å². The maximum Gasteiger partial charge on any atom is 0.233 e. The number of benzene rings is 1. The number of anilines is 1. The number of rotatable bonds is 8. The van der Waals surface area contributed by atoms with Gasteiger partial charge in [-0.15, -0.1) is 16.8 Å². The summed E-state index contributed by atoms with van der Waals surface area (Å²) in [6, 6.07) is 5.76. The molecule has 0 bridgehead atoms. The Morgan fingerprint density at radius 1 is 1.38 bits per heavy atom. The van der Waals surface area contributed by atoms with Crippen molar-refractivity contribution in [3.05, 3.63) is 36.4 Å². The van der Waals surface area contributed by atoms with Gasteiger partial charge in [0.05, 0.1) is 5.75 Å². The fourth-order valence-electron chi connectivity index (χ4n) is 2.28. The summed E-state index contributed by atoms with van der Waals surface area (Å²) in [6.07, 6.45) is 1.75. The minimum Gasteiger partial charge on any atom is -0.486 e. The molecule has 1 aromatic heterocycles. The molecule has 2 aromatic rings. The van der Waals surface area contributed by atoms with Crippen LogP contribution in [0, 0.1) is 0 Å². The van der Waals surface area contributed by atoms with Gasteiger partial charge in [-0.3, -0.25) is 4.79 Å². The van der Waals surface area contributed by atoms with Gasteiger partial charge in [0.15, 0.2) is 15.8 Å². The van der Waals surface area contributed by atoms with Gasteiger partial charge < -0.3 is 19.7 Å². The first-order valence-corrected chi connectivity index (χ1v) is 9.89. The summed E-state index contributed by atoms with van der Waals surface area (Å²) in [5.74, 6) is 1.83. The van der Waals surface area contributed by atoms with E-state index < -0.39 is 0 Å². The van der Waals surface area contributed by atoms with Crippen molar-refractivity contribution in [2.75, 3.05) is 37.9 Å². The van der Waals surface area contributed by atoms with Crippen LogP contribution in [0.4, 0.5) is 5.13 Å². The number of nitrogens with one attached hydrogen (secondary N) is 1. The van der Waals surface area contributed by atoms with Crippen molar-refractivity contribution in [1.29, 1.82) is 0 Å². The molecule has 0 aliphatic carbocycles. The summed E-state index contributed by atoms with van der Waals surface area (Å²) in [4.78, 5) is 14.1. The van der Waals surface area contributed by atoms with Crippen molar-refractivity contribution in [3.63, 3.8) is 0 Å². The predicted molar refractivity (Wildman–Crippen MR) is 103 cm³/mol. The summed E-state index contributed by atoms with van der Waals surface area (Å²) >= 11 is 2.81. The molecule has 1 N–H and O–H groups in total. The lowest BCUT2D eigenvalue weighted by Crippen LogP contribution is -2.27. The molecule has 0 radical (unpaired) electrons. The Morgan fingerprint density at radius 2 is 2.19 bits per heavy atom. The van der Waals surface area contributed by atoms with Crippen molar-refractivity contribution < 1.29 is 14.3 Å². The van der Waals surface area contributed by atoms with Crippen LogP contribution >= 0.6 is 23.1 Å². The van der Waals surface area contributed by atoms with E-state index in [1.165, 1.54) is 23.1 Å². The number of aromatic nitrogens is 2. The third kappa shape index (κ3) is 4.89. The van der Waals surface area contributed by atoms with E-state index in [2.05, 4.69) is 22.1 Å². The molecule has 2 heterocycles. The molecule has 1 amide bonds. The number of fused-ring (bicyclic) bond motifs is 1. The number of hydrogen-bond donors (Lipinski definition) is 1. The zero-order valence-electron chi connectivity index (χ0n) is 14.4. The molecule has 3 rings (SSSR count). The lowest BCUT2D eigenvalue weighted by molar-refractivity contribution is -0.127. The maximum atomic E-state index is 12.4. The molecule has 7 nitrogen and oxygen atoms in total. The lowest BCUT2D eigenvalue weighted by atomic mass is 10.2. The average molecular weight is 393 g/mol. The summed E-state index contributed by atoms with van der Waals surface area (Å²) in [5, 5.41) is 11.9. The van der Waals surface area contributed by atoms with Crippen LogP contribution in [0.3, 0.4) is 0 Å². The van der Waals surface area contributed by atoms with Crippen LogP contribution in [0.1, 0.15) is 5.56 Å². The van der Waals surface area contributed by atoms with Crippen LogP contribution in [0.15, 0.2) is 35.2 Å². The molecule has 1 aliphatic rings. The van der Waals surface area contributed by atoms with Gasteiger partial charge in [-0.25, -0.2) is 0 Å². The molecule has 1 aromatic carbocycles. The smallest absolute Gasteiger partial charge is 0.233 e. The van der Waals surface area contributed by atoms with E-state index in [0.717, 1.165) is 26.5 Å². The quantitative estimate of drug-likeness (QED) is 0.547. The molecule has 138 valence electrons. The van der Waals surface area contributed by atoms with Crippen molar-refractivity contribution in [1.82, 2.24) is 15.1 Å². The van der Waals surface area contributed by atoms with Gasteiger partial charge >= 0.3 is 0 Å². The van der Waals surface area contributed by atoms with Crippen LogP contribution in [-0.2, 0) is 11.3 Å². The number of ether oxygens (including phenoxy) is 2. The SMILES string of the molecule is C=CCNc1nnc(SCC(=O)N(C)Cc2ccc3c(c2)OCCO3)s1. The van der Waals surface area contributed by atoms with E-state index in [1.807, 2.05) is 18.2 Å². The standard InChI is InChI=1S/C17H20N4O3S2/c1-3-6-18-16-19-20-17(26-16)25-11-15(22)21(2)10-12-4-5-13-14(9-12)24-8-7-23-13/h3-5,9H,1,6-8,10-11H2,2H3,(H,18,19). The van der Waals surface area contributed by atoms with Gasteiger partial charge in [0.1, 0.15) is 13.2 Å². The van der Waals surface area contributed by atoms with Crippen molar-refractivity contribution in [3.8, 4) is 11.5 Å². The van der Waals surface area contributed by atoms with E-state index >= 15 is 0 Å². The molecule has 9 heteroatoms. The number of thioether (sulfide) groups is 1. The third-order valence-corrected chi connectivity index (χ3v) is 5.57. The highest BCUT2D eigenvalue weighted by Gasteiger charge is 2.15. The maximum absolute atomic E-state index is 12.4. The summed E-state index contributed by atoms with van der Waals surface area (Å²) in [7, 11) is 1.79. The molecule has 26 heavy (non-hydrogen) atoms. The van der Waals surface area contributed by atoms with Crippen LogP contribution in [0.5, 0.6) is 11.5 Å². The Bertz CT molecular complexity index is 781. The first-order valence-electron chi connectivity index (χ1n) is 8.09. The Hall–Kier alpha value is -2.26. The molecule has 0 atom stereocenters. The lowest BCUT2D eigenvalue weighted by Gasteiger charge is -2.21.